The molecule has 7 rings (SSSR count). The van der Waals surface area contributed by atoms with E-state index in [0.717, 1.165) is 34.8 Å². The molecule has 38 heavy (non-hydrogen) atoms. The molecule has 2 aromatic heterocycles. The second-order valence-corrected chi connectivity index (χ2v) is 12.9. The maximum absolute atomic E-state index is 14.1. The standard InChI is InChI=1S/C29H34BrN5O3/c30-23-16-33(29(38)32-27(23)36)26-28(37)35(25-10-2-1-9-24(25)31-26)22-14-19-7-4-8-20(15-22)34(19)21-12-17-5-3-6-18(11-17)13-21/h1-2,9-10,16-22H,3-8,11-15H2,(H,32,36,38)/t17-,18+,19-,20+,21+,22+. The lowest BCUT2D eigenvalue weighted by Gasteiger charge is -2.55. The van der Waals surface area contributed by atoms with E-state index in [1.165, 1.54) is 64.0 Å². The van der Waals surface area contributed by atoms with Gasteiger partial charge < -0.3 is 4.57 Å². The van der Waals surface area contributed by atoms with E-state index < -0.39 is 11.2 Å². The molecule has 4 bridgehead atoms. The molecule has 3 aromatic rings. The molecule has 2 aliphatic heterocycles. The first-order chi connectivity index (χ1) is 18.5. The Morgan fingerprint density at radius 2 is 1.50 bits per heavy atom. The van der Waals surface area contributed by atoms with Crippen LogP contribution in [0.1, 0.15) is 76.7 Å². The van der Waals surface area contributed by atoms with Gasteiger partial charge in [-0.2, -0.15) is 0 Å². The molecule has 4 aliphatic rings. The summed E-state index contributed by atoms with van der Waals surface area (Å²) in [6.07, 6.45) is 15.2. The molecule has 4 heterocycles. The predicted octanol–water partition coefficient (Wildman–Crippen LogP) is 4.53. The van der Waals surface area contributed by atoms with E-state index in [0.29, 0.717) is 23.6 Å². The molecule has 1 aromatic carbocycles. The van der Waals surface area contributed by atoms with Crippen LogP contribution in [0, 0.1) is 11.8 Å². The number of benzene rings is 1. The Balaban J connectivity index is 1.29. The first-order valence-electron chi connectivity index (χ1n) is 14.3. The number of aromatic nitrogens is 4. The number of piperidine rings is 2. The van der Waals surface area contributed by atoms with Crippen LogP contribution >= 0.6 is 15.9 Å². The van der Waals surface area contributed by atoms with Crippen molar-refractivity contribution >= 4 is 27.0 Å². The summed E-state index contributed by atoms with van der Waals surface area (Å²) in [7, 11) is 0. The lowest BCUT2D eigenvalue weighted by atomic mass is 9.68. The van der Waals surface area contributed by atoms with Crippen molar-refractivity contribution in [1.29, 1.82) is 0 Å². The summed E-state index contributed by atoms with van der Waals surface area (Å²) in [5.74, 6) is 1.82. The topological polar surface area (TPSA) is 93.0 Å². The van der Waals surface area contributed by atoms with Gasteiger partial charge in [-0.1, -0.05) is 37.8 Å². The van der Waals surface area contributed by atoms with Gasteiger partial charge in [-0.3, -0.25) is 19.5 Å². The zero-order chi connectivity index (χ0) is 26.0. The number of halogens is 1. The van der Waals surface area contributed by atoms with Gasteiger partial charge >= 0.3 is 5.69 Å². The molecule has 0 amide bonds. The Hall–Kier alpha value is -2.52. The highest BCUT2D eigenvalue weighted by Crippen LogP contribution is 2.47. The fraction of sp³-hybridized carbons (Fsp3) is 0.586. The molecular weight excluding hydrogens is 546 g/mol. The number of hydrogen-bond donors (Lipinski definition) is 1. The minimum Gasteiger partial charge on any atom is -0.300 e. The summed E-state index contributed by atoms with van der Waals surface area (Å²) in [5.41, 5.74) is -0.00224. The second-order valence-electron chi connectivity index (χ2n) is 12.0. The highest BCUT2D eigenvalue weighted by atomic mass is 79.9. The number of nitrogens with zero attached hydrogens (tertiary/aromatic N) is 4. The Bertz CT molecular complexity index is 1530. The van der Waals surface area contributed by atoms with Gasteiger partial charge in [-0.25, -0.2) is 14.3 Å². The molecule has 2 aliphatic carbocycles. The van der Waals surface area contributed by atoms with Crippen LogP contribution in [0.25, 0.3) is 16.9 Å². The molecule has 9 heteroatoms. The third-order valence-corrected chi connectivity index (χ3v) is 10.4. The minimum atomic E-state index is -0.667. The third-order valence-electron chi connectivity index (χ3n) is 9.80. The van der Waals surface area contributed by atoms with E-state index in [2.05, 4.69) is 30.8 Å². The number of para-hydroxylation sites is 2. The normalized spacial score (nSPS) is 31.4. The SMILES string of the molecule is O=c1[nH]c(=O)n(-c2nc3ccccc3n([C@H]3C[C@H]4CCC[C@@H](C3)N4[C@H]3C[C@@H]4CCC[C@@H](C4)C3)c2=O)cc1Br. The van der Waals surface area contributed by atoms with Crippen LogP contribution in [0.5, 0.6) is 0 Å². The largest absolute Gasteiger partial charge is 0.334 e. The summed E-state index contributed by atoms with van der Waals surface area (Å²) in [5, 5.41) is 0. The molecule has 4 fully saturated rings. The molecule has 0 radical (unpaired) electrons. The van der Waals surface area contributed by atoms with Crippen molar-refractivity contribution in [2.45, 2.75) is 94.8 Å². The van der Waals surface area contributed by atoms with E-state index in [-0.39, 0.29) is 21.9 Å². The number of H-pyrrole nitrogens is 1. The van der Waals surface area contributed by atoms with Crippen molar-refractivity contribution < 1.29 is 0 Å². The number of aromatic amines is 1. The van der Waals surface area contributed by atoms with Crippen LogP contribution in [0.3, 0.4) is 0 Å². The molecule has 1 N–H and O–H groups in total. The maximum Gasteiger partial charge on any atom is 0.334 e. The van der Waals surface area contributed by atoms with Crippen LogP contribution in [0.2, 0.25) is 0 Å². The van der Waals surface area contributed by atoms with Crippen LogP contribution in [0.4, 0.5) is 0 Å². The van der Waals surface area contributed by atoms with E-state index in [9.17, 15) is 14.4 Å². The molecule has 200 valence electrons. The molecule has 6 atom stereocenters. The fourth-order valence-electron chi connectivity index (χ4n) is 8.40. The van der Waals surface area contributed by atoms with Crippen LogP contribution in [0.15, 0.2) is 49.3 Å². The van der Waals surface area contributed by atoms with Crippen molar-refractivity contribution in [3.8, 4) is 5.82 Å². The zero-order valence-electron chi connectivity index (χ0n) is 21.5. The Labute approximate surface area is 229 Å². The summed E-state index contributed by atoms with van der Waals surface area (Å²) >= 11 is 3.20. The lowest BCUT2D eigenvalue weighted by molar-refractivity contribution is -0.0485. The monoisotopic (exact) mass is 579 g/mol. The van der Waals surface area contributed by atoms with Gasteiger partial charge in [-0.05, 0) is 84.8 Å². The van der Waals surface area contributed by atoms with Crippen molar-refractivity contribution in [3.05, 3.63) is 66.1 Å². The van der Waals surface area contributed by atoms with Crippen LogP contribution in [-0.4, -0.2) is 42.1 Å². The number of hydrogen-bond acceptors (Lipinski definition) is 5. The summed E-state index contributed by atoms with van der Waals surface area (Å²) < 4.78 is 3.24. The highest BCUT2D eigenvalue weighted by Gasteiger charge is 2.45. The number of fused-ring (bicyclic) bond motifs is 5. The van der Waals surface area contributed by atoms with Gasteiger partial charge in [0.25, 0.3) is 11.1 Å². The quantitative estimate of drug-likeness (QED) is 0.492. The van der Waals surface area contributed by atoms with Gasteiger partial charge in [0, 0.05) is 30.4 Å². The Morgan fingerprint density at radius 3 is 2.24 bits per heavy atom. The van der Waals surface area contributed by atoms with Crippen molar-refractivity contribution in [3.63, 3.8) is 0 Å². The Morgan fingerprint density at radius 1 is 0.816 bits per heavy atom. The average Bonchev–Trinajstić information content (AvgIpc) is 2.89. The summed E-state index contributed by atoms with van der Waals surface area (Å²) in [6.45, 7) is 0. The van der Waals surface area contributed by atoms with Gasteiger partial charge in [0.15, 0.2) is 0 Å². The molecular formula is C29H34BrN5O3. The Kier molecular flexibility index (Phi) is 6.19. The van der Waals surface area contributed by atoms with E-state index in [1.807, 2.05) is 28.8 Å². The van der Waals surface area contributed by atoms with Crippen LogP contribution in [-0.2, 0) is 0 Å². The molecule has 0 unspecified atom stereocenters. The molecule has 0 spiro atoms. The summed E-state index contributed by atoms with van der Waals surface area (Å²) in [6, 6.07) is 9.41. The highest BCUT2D eigenvalue weighted by molar-refractivity contribution is 9.10. The smallest absolute Gasteiger partial charge is 0.300 e. The summed E-state index contributed by atoms with van der Waals surface area (Å²) in [4.78, 5) is 48.5. The van der Waals surface area contributed by atoms with Crippen molar-refractivity contribution in [2.24, 2.45) is 11.8 Å². The van der Waals surface area contributed by atoms with Gasteiger partial charge in [-0.15, -0.1) is 0 Å². The zero-order valence-corrected chi connectivity index (χ0v) is 23.1. The first kappa shape index (κ1) is 24.5. The fourth-order valence-corrected chi connectivity index (χ4v) is 8.71. The maximum atomic E-state index is 14.1. The third kappa shape index (κ3) is 4.13. The minimum absolute atomic E-state index is 0.0262. The van der Waals surface area contributed by atoms with E-state index >= 15 is 0 Å². The van der Waals surface area contributed by atoms with E-state index in [4.69, 9.17) is 0 Å². The second kappa shape index (κ2) is 9.59. The molecule has 2 saturated carbocycles. The van der Waals surface area contributed by atoms with E-state index in [1.54, 1.807) is 0 Å². The number of rotatable bonds is 3. The van der Waals surface area contributed by atoms with Crippen LogP contribution < -0.4 is 16.8 Å². The molecule has 2 saturated heterocycles. The first-order valence-corrected chi connectivity index (χ1v) is 15.1. The predicted molar refractivity (Wildman–Crippen MR) is 150 cm³/mol. The van der Waals surface area contributed by atoms with Gasteiger partial charge in [0.05, 0.1) is 15.5 Å². The van der Waals surface area contributed by atoms with Crippen molar-refractivity contribution in [2.75, 3.05) is 0 Å². The molecule has 8 nitrogen and oxygen atoms in total. The van der Waals surface area contributed by atoms with Gasteiger partial charge in [0.1, 0.15) is 0 Å². The van der Waals surface area contributed by atoms with Crippen molar-refractivity contribution in [1.82, 2.24) is 24.0 Å². The number of nitrogens with one attached hydrogen (secondary N) is 1. The average molecular weight is 581 g/mol. The van der Waals surface area contributed by atoms with Gasteiger partial charge in [0.2, 0.25) is 5.82 Å². The lowest BCUT2D eigenvalue weighted by Crippen LogP contribution is -2.58.